The molecular formula is C26H23BrClN3O2. The fraction of sp³-hybridized carbons (Fsp3) is 0.192. The monoisotopic (exact) mass is 523 g/mol. The molecule has 0 N–H and O–H groups in total. The maximum Gasteiger partial charge on any atom is 0.282 e. The van der Waals surface area contributed by atoms with Gasteiger partial charge in [-0.15, -0.1) is 0 Å². The largest absolute Gasteiger partial charge is 0.488 e. The van der Waals surface area contributed by atoms with E-state index in [0.717, 1.165) is 10.0 Å². The number of aryl methyl sites for hydroxylation is 1. The van der Waals surface area contributed by atoms with Gasteiger partial charge in [-0.1, -0.05) is 71.2 Å². The van der Waals surface area contributed by atoms with Crippen LogP contribution >= 0.6 is 27.5 Å². The number of hydrogen-bond acceptors (Lipinski definition) is 4. The van der Waals surface area contributed by atoms with Crippen LogP contribution in [0.15, 0.2) is 75.0 Å². The van der Waals surface area contributed by atoms with Gasteiger partial charge < -0.3 is 4.74 Å². The highest BCUT2D eigenvalue weighted by atomic mass is 79.9. The summed E-state index contributed by atoms with van der Waals surface area (Å²) in [6.45, 7) is 6.42. The van der Waals surface area contributed by atoms with Gasteiger partial charge >= 0.3 is 0 Å². The third-order valence-electron chi connectivity index (χ3n) is 5.11. The minimum absolute atomic E-state index is 0.000649. The Kier molecular flexibility index (Phi) is 6.96. The molecule has 0 aliphatic rings. The maximum absolute atomic E-state index is 13.3. The van der Waals surface area contributed by atoms with E-state index in [1.54, 1.807) is 30.5 Å². The summed E-state index contributed by atoms with van der Waals surface area (Å²) in [5, 5.41) is 5.56. The van der Waals surface area contributed by atoms with Gasteiger partial charge in [-0.3, -0.25) is 4.79 Å². The van der Waals surface area contributed by atoms with Gasteiger partial charge in [0.2, 0.25) is 0 Å². The molecule has 168 valence electrons. The summed E-state index contributed by atoms with van der Waals surface area (Å²) in [4.78, 5) is 17.9. The van der Waals surface area contributed by atoms with Crippen molar-refractivity contribution in [2.24, 2.45) is 5.10 Å². The van der Waals surface area contributed by atoms with Crippen molar-refractivity contribution in [2.45, 2.75) is 33.3 Å². The second-order valence-corrected chi connectivity index (χ2v) is 9.46. The summed E-state index contributed by atoms with van der Waals surface area (Å²) in [7, 11) is 0. The molecule has 0 spiro atoms. The van der Waals surface area contributed by atoms with E-state index in [4.69, 9.17) is 16.3 Å². The van der Waals surface area contributed by atoms with Crippen LogP contribution in [0.25, 0.3) is 10.9 Å². The second-order valence-electron chi connectivity index (χ2n) is 8.11. The molecule has 4 aromatic rings. The molecule has 0 fully saturated rings. The molecule has 0 saturated heterocycles. The molecule has 0 amide bonds. The Balaban J connectivity index is 1.73. The maximum atomic E-state index is 13.3. The number of halogens is 2. The molecule has 0 bridgehead atoms. The van der Waals surface area contributed by atoms with Crippen LogP contribution in [0.3, 0.4) is 0 Å². The quantitative estimate of drug-likeness (QED) is 0.264. The second kappa shape index (κ2) is 9.89. The smallest absolute Gasteiger partial charge is 0.282 e. The number of benzene rings is 3. The number of aromatic nitrogens is 2. The molecule has 33 heavy (non-hydrogen) atoms. The first-order valence-electron chi connectivity index (χ1n) is 10.6. The van der Waals surface area contributed by atoms with Crippen LogP contribution in [-0.2, 0) is 6.61 Å². The minimum Gasteiger partial charge on any atom is -0.488 e. The topological polar surface area (TPSA) is 56.5 Å². The van der Waals surface area contributed by atoms with E-state index in [0.29, 0.717) is 39.7 Å². The van der Waals surface area contributed by atoms with Crippen molar-refractivity contribution in [3.05, 3.63) is 103 Å². The van der Waals surface area contributed by atoms with E-state index in [1.165, 1.54) is 10.2 Å². The number of hydrogen-bond donors (Lipinski definition) is 0. The fourth-order valence-electron chi connectivity index (χ4n) is 3.49. The van der Waals surface area contributed by atoms with Crippen molar-refractivity contribution in [2.75, 3.05) is 0 Å². The van der Waals surface area contributed by atoms with E-state index in [-0.39, 0.29) is 11.5 Å². The Bertz CT molecular complexity index is 1410. The van der Waals surface area contributed by atoms with Crippen molar-refractivity contribution in [3.63, 3.8) is 0 Å². The molecule has 7 heteroatoms. The minimum atomic E-state index is -0.231. The van der Waals surface area contributed by atoms with Gasteiger partial charge in [-0.25, -0.2) is 4.98 Å². The van der Waals surface area contributed by atoms with Crippen LogP contribution in [0.5, 0.6) is 5.75 Å². The van der Waals surface area contributed by atoms with Gasteiger partial charge in [-0.05, 0) is 48.9 Å². The lowest BCUT2D eigenvalue weighted by Crippen LogP contribution is -2.23. The molecule has 0 aliphatic heterocycles. The summed E-state index contributed by atoms with van der Waals surface area (Å²) < 4.78 is 8.22. The van der Waals surface area contributed by atoms with Gasteiger partial charge in [0.25, 0.3) is 5.56 Å². The zero-order valence-electron chi connectivity index (χ0n) is 18.5. The van der Waals surface area contributed by atoms with Crippen LogP contribution < -0.4 is 10.3 Å². The van der Waals surface area contributed by atoms with Crippen LogP contribution in [-0.4, -0.2) is 15.9 Å². The van der Waals surface area contributed by atoms with Crippen LogP contribution in [0, 0.1) is 6.92 Å². The molecule has 4 rings (SSSR count). The van der Waals surface area contributed by atoms with Crippen molar-refractivity contribution < 1.29 is 4.74 Å². The highest BCUT2D eigenvalue weighted by molar-refractivity contribution is 9.10. The van der Waals surface area contributed by atoms with Gasteiger partial charge in [0.1, 0.15) is 18.2 Å². The average molecular weight is 525 g/mol. The molecule has 3 aromatic carbocycles. The Morgan fingerprint density at radius 3 is 2.73 bits per heavy atom. The Morgan fingerprint density at radius 1 is 1.15 bits per heavy atom. The van der Waals surface area contributed by atoms with Gasteiger partial charge in [0.05, 0.1) is 17.1 Å². The number of fused-ring (bicyclic) bond motifs is 1. The van der Waals surface area contributed by atoms with Crippen molar-refractivity contribution >= 4 is 44.6 Å². The Labute approximate surface area is 205 Å². The third-order valence-corrected chi connectivity index (χ3v) is 5.84. The first-order chi connectivity index (χ1) is 15.8. The normalized spacial score (nSPS) is 11.6. The molecule has 1 aromatic heterocycles. The fourth-order valence-corrected chi connectivity index (χ4v) is 4.03. The van der Waals surface area contributed by atoms with E-state index in [2.05, 4.69) is 32.1 Å². The van der Waals surface area contributed by atoms with Crippen LogP contribution in [0.1, 0.15) is 42.3 Å². The van der Waals surface area contributed by atoms with Crippen molar-refractivity contribution in [1.82, 2.24) is 9.66 Å². The number of rotatable bonds is 6. The SMILES string of the molecule is Cc1cccc(COc2ccc(Cl)cc2C=Nn2c(C(C)C)nc3ccc(Br)cc3c2=O)c1. The first-order valence-corrected chi connectivity index (χ1v) is 11.7. The summed E-state index contributed by atoms with van der Waals surface area (Å²) in [5.74, 6) is 1.20. The number of nitrogens with zero attached hydrogens (tertiary/aromatic N) is 3. The lowest BCUT2D eigenvalue weighted by molar-refractivity contribution is 0.305. The predicted molar refractivity (Wildman–Crippen MR) is 138 cm³/mol. The molecule has 0 radical (unpaired) electrons. The first kappa shape index (κ1) is 23.2. The van der Waals surface area contributed by atoms with Gasteiger partial charge in [0, 0.05) is 21.0 Å². The van der Waals surface area contributed by atoms with Gasteiger partial charge in [-0.2, -0.15) is 9.78 Å². The molecule has 1 heterocycles. The Hall–Kier alpha value is -2.96. The van der Waals surface area contributed by atoms with Gasteiger partial charge in [0.15, 0.2) is 0 Å². The average Bonchev–Trinajstić information content (AvgIpc) is 2.78. The highest BCUT2D eigenvalue weighted by Crippen LogP contribution is 2.23. The molecule has 0 saturated carbocycles. The van der Waals surface area contributed by atoms with E-state index >= 15 is 0 Å². The molecule has 0 aliphatic carbocycles. The number of ether oxygens (including phenoxy) is 1. The summed E-state index contributed by atoms with van der Waals surface area (Å²) in [6.07, 6.45) is 1.59. The predicted octanol–water partition coefficient (Wildman–Crippen LogP) is 6.71. The zero-order valence-corrected chi connectivity index (χ0v) is 20.9. The Morgan fingerprint density at radius 2 is 1.97 bits per heavy atom. The van der Waals surface area contributed by atoms with Crippen molar-refractivity contribution in [3.8, 4) is 5.75 Å². The summed E-state index contributed by atoms with van der Waals surface area (Å²) in [6, 6.07) is 18.9. The lowest BCUT2D eigenvalue weighted by atomic mass is 10.1. The molecule has 0 atom stereocenters. The molecular weight excluding hydrogens is 502 g/mol. The molecule has 0 unspecified atom stereocenters. The van der Waals surface area contributed by atoms with E-state index in [9.17, 15) is 4.79 Å². The summed E-state index contributed by atoms with van der Waals surface area (Å²) in [5.41, 5.74) is 3.32. The van der Waals surface area contributed by atoms with Crippen LogP contribution in [0.4, 0.5) is 0 Å². The molecule has 5 nitrogen and oxygen atoms in total. The highest BCUT2D eigenvalue weighted by Gasteiger charge is 2.14. The standard InChI is InChI=1S/C26H23BrClN3O2/c1-16(2)25-30-23-9-7-20(27)13-22(23)26(32)31(25)29-14-19-12-21(28)8-10-24(19)33-15-18-6-4-5-17(3)11-18/h4-14,16H,15H2,1-3H3. The summed E-state index contributed by atoms with van der Waals surface area (Å²) >= 11 is 9.67. The lowest BCUT2D eigenvalue weighted by Gasteiger charge is -2.13. The van der Waals surface area contributed by atoms with Crippen molar-refractivity contribution in [1.29, 1.82) is 0 Å². The third kappa shape index (κ3) is 5.34. The van der Waals surface area contributed by atoms with E-state index in [1.807, 2.05) is 51.1 Å². The van der Waals surface area contributed by atoms with E-state index < -0.39 is 0 Å². The zero-order chi connectivity index (χ0) is 23.5. The van der Waals surface area contributed by atoms with Crippen LogP contribution in [0.2, 0.25) is 5.02 Å².